The average molecular weight is 286 g/mol. The van der Waals surface area contributed by atoms with Crippen molar-refractivity contribution in [3.63, 3.8) is 0 Å². The van der Waals surface area contributed by atoms with Crippen molar-refractivity contribution in [3.8, 4) is 6.08 Å². The number of nitrogens with zero attached hydrogens (tertiary/aromatic N) is 1. The van der Waals surface area contributed by atoms with Gasteiger partial charge in [0.1, 0.15) is 12.4 Å². The molecule has 0 saturated heterocycles. The number of benzene rings is 1. The number of aryl methyl sites for hydroxylation is 1. The van der Waals surface area contributed by atoms with E-state index in [-0.39, 0.29) is 6.10 Å². The summed E-state index contributed by atoms with van der Waals surface area (Å²) in [6.45, 7) is 3.85. The van der Waals surface area contributed by atoms with Gasteiger partial charge in [0.2, 0.25) is 0 Å². The van der Waals surface area contributed by atoms with Crippen LogP contribution in [0.1, 0.15) is 49.1 Å². The zero-order chi connectivity index (χ0) is 14.5. The fourth-order valence-corrected chi connectivity index (χ4v) is 2.77. The molecule has 1 aromatic carbocycles. The van der Waals surface area contributed by atoms with Crippen LogP contribution in [-0.2, 0) is 13.0 Å². The first-order chi connectivity index (χ1) is 10.4. The second-order valence-electron chi connectivity index (χ2n) is 5.48. The van der Waals surface area contributed by atoms with E-state index in [9.17, 15) is 0 Å². The molecule has 0 aliphatic heterocycles. The molecule has 1 heterocycles. The maximum absolute atomic E-state index is 5.96. The van der Waals surface area contributed by atoms with Gasteiger partial charge in [-0.05, 0) is 43.4 Å². The lowest BCUT2D eigenvalue weighted by molar-refractivity contribution is 0.132. The molecular weight excluding hydrogens is 264 g/mol. The van der Waals surface area contributed by atoms with Crippen LogP contribution in [0.4, 0.5) is 0 Å². The minimum atomic E-state index is 0.0602. The molecule has 4 heteroatoms. The van der Waals surface area contributed by atoms with Gasteiger partial charge in [0.05, 0.1) is 5.69 Å². The van der Waals surface area contributed by atoms with Crippen molar-refractivity contribution in [1.29, 1.82) is 0 Å². The lowest BCUT2D eigenvalue weighted by atomic mass is 9.89. The average Bonchev–Trinajstić information content (AvgIpc) is 2.96. The van der Waals surface area contributed by atoms with E-state index >= 15 is 0 Å². The Bertz CT molecular complexity index is 580. The van der Waals surface area contributed by atoms with Crippen molar-refractivity contribution < 1.29 is 9.15 Å². The van der Waals surface area contributed by atoms with Crippen LogP contribution in [0.15, 0.2) is 34.9 Å². The molecular formula is C17H22N2O2. The molecule has 1 aliphatic carbocycles. The van der Waals surface area contributed by atoms with Crippen LogP contribution in [-0.4, -0.2) is 11.5 Å². The fourth-order valence-electron chi connectivity index (χ4n) is 2.77. The Morgan fingerprint density at radius 2 is 2.29 bits per heavy atom. The van der Waals surface area contributed by atoms with Crippen molar-refractivity contribution in [2.75, 3.05) is 6.54 Å². The molecule has 0 radical (unpaired) electrons. The number of rotatable bonds is 6. The highest BCUT2D eigenvalue weighted by Gasteiger charge is 2.22. The zero-order valence-electron chi connectivity index (χ0n) is 12.5. The summed E-state index contributed by atoms with van der Waals surface area (Å²) in [5.74, 6) is 0. The van der Waals surface area contributed by atoms with Crippen LogP contribution in [0.5, 0.6) is 6.08 Å². The quantitative estimate of drug-likeness (QED) is 0.824. The Morgan fingerprint density at radius 1 is 1.38 bits per heavy atom. The molecule has 3 rings (SSSR count). The summed E-state index contributed by atoms with van der Waals surface area (Å²) in [6, 6.07) is 8.48. The summed E-state index contributed by atoms with van der Waals surface area (Å²) < 4.78 is 11.4. The molecule has 0 fully saturated rings. The fraction of sp³-hybridized carbons (Fsp3) is 0.471. The topological polar surface area (TPSA) is 47.3 Å². The summed E-state index contributed by atoms with van der Waals surface area (Å²) in [6.07, 6.45) is 6.52. The molecule has 1 unspecified atom stereocenters. The Labute approximate surface area is 125 Å². The summed E-state index contributed by atoms with van der Waals surface area (Å²) in [4.78, 5) is 4.40. The molecule has 1 atom stereocenters. The number of hydrogen-bond acceptors (Lipinski definition) is 4. The first kappa shape index (κ1) is 14.1. The molecule has 1 N–H and O–H groups in total. The molecule has 112 valence electrons. The zero-order valence-corrected chi connectivity index (χ0v) is 12.5. The number of aromatic nitrogens is 1. The number of ether oxygens (including phenoxy) is 1. The van der Waals surface area contributed by atoms with Crippen molar-refractivity contribution in [3.05, 3.63) is 47.3 Å². The van der Waals surface area contributed by atoms with Gasteiger partial charge in [-0.25, -0.2) is 0 Å². The minimum Gasteiger partial charge on any atom is -0.442 e. The predicted octanol–water partition coefficient (Wildman–Crippen LogP) is 3.63. The number of oxazole rings is 1. The molecule has 1 aromatic heterocycles. The van der Waals surface area contributed by atoms with Crippen LogP contribution in [0.3, 0.4) is 0 Å². The van der Waals surface area contributed by atoms with Crippen LogP contribution in [0.2, 0.25) is 0 Å². The van der Waals surface area contributed by atoms with E-state index < -0.39 is 0 Å². The van der Waals surface area contributed by atoms with Gasteiger partial charge in [0.25, 0.3) is 0 Å². The Kier molecular flexibility index (Phi) is 4.55. The molecule has 0 spiro atoms. The van der Waals surface area contributed by atoms with Crippen LogP contribution in [0.25, 0.3) is 0 Å². The van der Waals surface area contributed by atoms with Crippen molar-refractivity contribution in [2.45, 2.75) is 45.3 Å². The van der Waals surface area contributed by atoms with E-state index in [2.05, 4.69) is 41.5 Å². The first-order valence-corrected chi connectivity index (χ1v) is 7.76. The van der Waals surface area contributed by atoms with Gasteiger partial charge in [0, 0.05) is 6.54 Å². The monoisotopic (exact) mass is 286 g/mol. The Hall–Kier alpha value is -1.81. The van der Waals surface area contributed by atoms with Crippen molar-refractivity contribution >= 4 is 0 Å². The lowest BCUT2D eigenvalue weighted by Crippen LogP contribution is -2.16. The van der Waals surface area contributed by atoms with Crippen LogP contribution in [0, 0.1) is 0 Å². The van der Waals surface area contributed by atoms with Gasteiger partial charge in [-0.2, -0.15) is 4.98 Å². The minimum absolute atomic E-state index is 0.0602. The largest absolute Gasteiger partial charge is 0.442 e. The predicted molar refractivity (Wildman–Crippen MR) is 81.2 cm³/mol. The molecule has 21 heavy (non-hydrogen) atoms. The summed E-state index contributed by atoms with van der Waals surface area (Å²) >= 11 is 0. The normalized spacial score (nSPS) is 17.5. The summed E-state index contributed by atoms with van der Waals surface area (Å²) in [7, 11) is 0. The van der Waals surface area contributed by atoms with E-state index in [1.807, 2.05) is 0 Å². The van der Waals surface area contributed by atoms with E-state index in [0.29, 0.717) is 6.08 Å². The third kappa shape index (κ3) is 3.45. The van der Waals surface area contributed by atoms with Gasteiger partial charge < -0.3 is 14.5 Å². The number of hydrogen-bond donors (Lipinski definition) is 1. The highest BCUT2D eigenvalue weighted by atomic mass is 16.6. The van der Waals surface area contributed by atoms with Crippen molar-refractivity contribution in [1.82, 2.24) is 10.3 Å². The van der Waals surface area contributed by atoms with Crippen molar-refractivity contribution in [2.24, 2.45) is 0 Å². The molecule has 0 bridgehead atoms. The van der Waals surface area contributed by atoms with Crippen LogP contribution < -0.4 is 10.1 Å². The Morgan fingerprint density at radius 3 is 3.19 bits per heavy atom. The third-order valence-electron chi connectivity index (χ3n) is 3.82. The maximum atomic E-state index is 5.96. The molecule has 2 aromatic rings. The van der Waals surface area contributed by atoms with E-state index in [0.717, 1.165) is 44.5 Å². The summed E-state index contributed by atoms with van der Waals surface area (Å²) in [5, 5.41) is 3.31. The standard InChI is InChI=1S/C17H22N2O2/c1-2-10-18-11-14-12-20-17(19-14)21-16-9-5-7-13-6-3-4-8-15(13)16/h3-4,6,8,12,16,18H,2,5,7,9-11H2,1H3. The van der Waals surface area contributed by atoms with Gasteiger partial charge in [0.15, 0.2) is 0 Å². The third-order valence-corrected chi connectivity index (χ3v) is 3.82. The van der Waals surface area contributed by atoms with Gasteiger partial charge in [-0.15, -0.1) is 0 Å². The van der Waals surface area contributed by atoms with Gasteiger partial charge in [-0.1, -0.05) is 31.2 Å². The molecule has 4 nitrogen and oxygen atoms in total. The van der Waals surface area contributed by atoms with Gasteiger partial charge in [-0.3, -0.25) is 0 Å². The number of nitrogens with one attached hydrogen (secondary N) is 1. The van der Waals surface area contributed by atoms with Crippen LogP contribution >= 0.6 is 0 Å². The summed E-state index contributed by atoms with van der Waals surface area (Å²) in [5.41, 5.74) is 3.54. The molecule has 0 amide bonds. The second-order valence-corrected chi connectivity index (χ2v) is 5.48. The smallest absolute Gasteiger partial charge is 0.394 e. The lowest BCUT2D eigenvalue weighted by Gasteiger charge is -2.24. The second kappa shape index (κ2) is 6.76. The highest BCUT2D eigenvalue weighted by molar-refractivity contribution is 5.31. The Balaban J connectivity index is 1.65. The first-order valence-electron chi connectivity index (χ1n) is 7.76. The molecule has 1 aliphatic rings. The van der Waals surface area contributed by atoms with E-state index in [1.54, 1.807) is 6.26 Å². The SMILES string of the molecule is CCCNCc1coc(OC2CCCc3ccccc32)n1. The maximum Gasteiger partial charge on any atom is 0.394 e. The highest BCUT2D eigenvalue weighted by Crippen LogP contribution is 2.33. The van der Waals surface area contributed by atoms with E-state index in [4.69, 9.17) is 9.15 Å². The van der Waals surface area contributed by atoms with Gasteiger partial charge >= 0.3 is 6.08 Å². The number of fused-ring (bicyclic) bond motifs is 1. The molecule has 0 saturated carbocycles. The van der Waals surface area contributed by atoms with E-state index in [1.165, 1.54) is 11.1 Å².